The molecule has 2 aromatic carbocycles. The Kier molecular flexibility index (Phi) is 9.04. The summed E-state index contributed by atoms with van der Waals surface area (Å²) >= 11 is 0. The predicted octanol–water partition coefficient (Wildman–Crippen LogP) is 4.97. The summed E-state index contributed by atoms with van der Waals surface area (Å²) in [5.74, 6) is 0.238. The molecule has 33 heavy (non-hydrogen) atoms. The number of hydrogen-bond donors (Lipinski definition) is 2. The van der Waals surface area contributed by atoms with Gasteiger partial charge in [-0.05, 0) is 49.8 Å². The number of hydrogen-bond acceptors (Lipinski definition) is 3. The van der Waals surface area contributed by atoms with Gasteiger partial charge < -0.3 is 15.5 Å². The number of likely N-dealkylation sites (tertiary alicyclic amines) is 1. The second-order valence-electron chi connectivity index (χ2n) is 8.92. The van der Waals surface area contributed by atoms with Crippen molar-refractivity contribution in [3.05, 3.63) is 65.2 Å². The van der Waals surface area contributed by atoms with Gasteiger partial charge in [-0.1, -0.05) is 55.3 Å². The van der Waals surface area contributed by atoms with Gasteiger partial charge >= 0.3 is 6.03 Å². The number of nitrogens with zero attached hydrogens (tertiary/aromatic N) is 1. The molecular weight excluding hydrogens is 414 g/mol. The van der Waals surface area contributed by atoms with E-state index in [4.69, 9.17) is 0 Å². The minimum absolute atomic E-state index is 0.00870. The van der Waals surface area contributed by atoms with Crippen molar-refractivity contribution in [2.75, 3.05) is 25.0 Å². The molecular formula is C27H35N3O3. The highest BCUT2D eigenvalue weighted by Gasteiger charge is 2.24. The van der Waals surface area contributed by atoms with E-state index in [0.717, 1.165) is 36.9 Å². The number of carbonyl (C=O) groups is 3. The monoisotopic (exact) mass is 449 g/mol. The van der Waals surface area contributed by atoms with Gasteiger partial charge in [-0.2, -0.15) is 0 Å². The van der Waals surface area contributed by atoms with Gasteiger partial charge in [0.15, 0.2) is 5.78 Å². The van der Waals surface area contributed by atoms with Crippen LogP contribution in [0.15, 0.2) is 48.5 Å². The van der Waals surface area contributed by atoms with E-state index in [-0.39, 0.29) is 36.5 Å². The Morgan fingerprint density at radius 2 is 1.73 bits per heavy atom. The SMILES string of the molecule is CCCc1ccc(C(=O)CCC(=O)N2CCCC(CNC(=O)Nc3ccc(C)cc3)C2)cc1. The van der Waals surface area contributed by atoms with Gasteiger partial charge in [0.1, 0.15) is 0 Å². The van der Waals surface area contributed by atoms with Crippen LogP contribution < -0.4 is 10.6 Å². The largest absolute Gasteiger partial charge is 0.342 e. The minimum atomic E-state index is -0.238. The number of aryl methyl sites for hydroxylation is 2. The van der Waals surface area contributed by atoms with Crippen LogP contribution in [0.5, 0.6) is 0 Å². The number of Topliss-reactive ketones (excluding diaryl/α,β-unsaturated/α-hetero) is 1. The number of anilines is 1. The standard InChI is InChI=1S/C27H35N3O3/c1-3-5-21-9-11-23(12-10-21)25(31)15-16-26(32)30-17-4-6-22(19-30)18-28-27(33)29-24-13-7-20(2)8-14-24/h7-14,22H,3-6,15-19H2,1-2H3,(H2,28,29,33). The van der Waals surface area contributed by atoms with E-state index in [1.165, 1.54) is 5.56 Å². The number of benzene rings is 2. The van der Waals surface area contributed by atoms with E-state index in [9.17, 15) is 14.4 Å². The highest BCUT2D eigenvalue weighted by atomic mass is 16.2. The molecule has 1 aliphatic rings. The van der Waals surface area contributed by atoms with Gasteiger partial charge in [0.05, 0.1) is 0 Å². The summed E-state index contributed by atoms with van der Waals surface area (Å²) in [5.41, 5.74) is 3.79. The third-order valence-electron chi connectivity index (χ3n) is 6.11. The summed E-state index contributed by atoms with van der Waals surface area (Å²) in [6, 6.07) is 15.1. The lowest BCUT2D eigenvalue weighted by Crippen LogP contribution is -2.44. The van der Waals surface area contributed by atoms with Crippen molar-refractivity contribution in [2.24, 2.45) is 5.92 Å². The van der Waals surface area contributed by atoms with E-state index < -0.39 is 0 Å². The zero-order valence-corrected chi connectivity index (χ0v) is 19.7. The number of urea groups is 1. The second kappa shape index (κ2) is 12.2. The van der Waals surface area contributed by atoms with Crippen LogP contribution in [0.3, 0.4) is 0 Å². The first-order valence-corrected chi connectivity index (χ1v) is 12.0. The number of carbonyl (C=O) groups excluding carboxylic acids is 3. The summed E-state index contributed by atoms with van der Waals surface area (Å²) < 4.78 is 0. The van der Waals surface area contributed by atoms with Crippen molar-refractivity contribution in [3.8, 4) is 0 Å². The van der Waals surface area contributed by atoms with Crippen LogP contribution in [-0.4, -0.2) is 42.3 Å². The lowest BCUT2D eigenvalue weighted by atomic mass is 9.97. The average molecular weight is 450 g/mol. The third kappa shape index (κ3) is 7.74. The molecule has 0 aromatic heterocycles. The molecule has 176 valence electrons. The average Bonchev–Trinajstić information content (AvgIpc) is 2.83. The molecule has 3 rings (SSSR count). The van der Waals surface area contributed by atoms with Crippen LogP contribution in [0.2, 0.25) is 0 Å². The normalized spacial score (nSPS) is 15.7. The van der Waals surface area contributed by atoms with Crippen molar-refractivity contribution in [1.29, 1.82) is 0 Å². The lowest BCUT2D eigenvalue weighted by Gasteiger charge is -2.33. The van der Waals surface area contributed by atoms with E-state index in [2.05, 4.69) is 17.6 Å². The second-order valence-corrected chi connectivity index (χ2v) is 8.92. The number of nitrogens with one attached hydrogen (secondary N) is 2. The maximum atomic E-state index is 12.7. The topological polar surface area (TPSA) is 78.5 Å². The Morgan fingerprint density at radius 1 is 1.00 bits per heavy atom. The van der Waals surface area contributed by atoms with E-state index in [0.29, 0.717) is 25.2 Å². The third-order valence-corrected chi connectivity index (χ3v) is 6.11. The summed E-state index contributed by atoms with van der Waals surface area (Å²) in [6.07, 6.45) is 4.41. The zero-order chi connectivity index (χ0) is 23.6. The molecule has 2 aromatic rings. The van der Waals surface area contributed by atoms with Crippen molar-refractivity contribution in [1.82, 2.24) is 10.2 Å². The molecule has 2 N–H and O–H groups in total. The van der Waals surface area contributed by atoms with Crippen LogP contribution in [0.25, 0.3) is 0 Å². The van der Waals surface area contributed by atoms with E-state index in [1.54, 1.807) is 0 Å². The maximum absolute atomic E-state index is 12.7. The van der Waals surface area contributed by atoms with Crippen LogP contribution in [0, 0.1) is 12.8 Å². The molecule has 0 saturated carbocycles. The number of amides is 3. The highest BCUT2D eigenvalue weighted by molar-refractivity contribution is 5.98. The van der Waals surface area contributed by atoms with Crippen molar-refractivity contribution in [2.45, 2.75) is 52.4 Å². The molecule has 0 spiro atoms. The highest BCUT2D eigenvalue weighted by Crippen LogP contribution is 2.18. The molecule has 1 heterocycles. The van der Waals surface area contributed by atoms with Crippen LogP contribution in [0.1, 0.15) is 60.5 Å². The number of rotatable bonds is 9. The quantitative estimate of drug-likeness (QED) is 0.531. The van der Waals surface area contributed by atoms with E-state index in [1.807, 2.05) is 60.4 Å². The fourth-order valence-electron chi connectivity index (χ4n) is 4.18. The minimum Gasteiger partial charge on any atom is -0.342 e. The lowest BCUT2D eigenvalue weighted by molar-refractivity contribution is -0.132. The van der Waals surface area contributed by atoms with Gasteiger partial charge in [0, 0.05) is 43.7 Å². The summed E-state index contributed by atoms with van der Waals surface area (Å²) in [6.45, 7) is 5.98. The summed E-state index contributed by atoms with van der Waals surface area (Å²) in [5, 5.41) is 5.75. The van der Waals surface area contributed by atoms with Crippen LogP contribution >= 0.6 is 0 Å². The Morgan fingerprint density at radius 3 is 2.42 bits per heavy atom. The molecule has 1 saturated heterocycles. The van der Waals surface area contributed by atoms with Crippen molar-refractivity contribution >= 4 is 23.4 Å². The molecule has 0 bridgehead atoms. The van der Waals surface area contributed by atoms with Crippen LogP contribution in [-0.2, 0) is 11.2 Å². The molecule has 1 aliphatic heterocycles. The molecule has 1 fully saturated rings. The first-order chi connectivity index (χ1) is 15.9. The first kappa shape index (κ1) is 24.5. The Bertz CT molecular complexity index is 938. The van der Waals surface area contributed by atoms with Crippen molar-refractivity contribution in [3.63, 3.8) is 0 Å². The summed E-state index contributed by atoms with van der Waals surface area (Å²) in [4.78, 5) is 39.2. The zero-order valence-electron chi connectivity index (χ0n) is 19.7. The number of ketones is 1. The molecule has 6 nitrogen and oxygen atoms in total. The van der Waals surface area contributed by atoms with Gasteiger partial charge in [0.2, 0.25) is 5.91 Å². The van der Waals surface area contributed by atoms with Gasteiger partial charge in [0.25, 0.3) is 0 Å². The molecule has 1 atom stereocenters. The summed E-state index contributed by atoms with van der Waals surface area (Å²) in [7, 11) is 0. The number of piperidine rings is 1. The smallest absolute Gasteiger partial charge is 0.319 e. The molecule has 3 amide bonds. The Balaban J connectivity index is 1.40. The van der Waals surface area contributed by atoms with Gasteiger partial charge in [-0.25, -0.2) is 4.79 Å². The molecule has 0 radical (unpaired) electrons. The maximum Gasteiger partial charge on any atom is 0.319 e. The molecule has 6 heteroatoms. The van der Waals surface area contributed by atoms with Gasteiger partial charge in [-0.3, -0.25) is 9.59 Å². The van der Waals surface area contributed by atoms with Crippen LogP contribution in [0.4, 0.5) is 10.5 Å². The van der Waals surface area contributed by atoms with Crippen molar-refractivity contribution < 1.29 is 14.4 Å². The Labute approximate surface area is 196 Å². The van der Waals surface area contributed by atoms with Gasteiger partial charge in [-0.15, -0.1) is 0 Å². The van der Waals surface area contributed by atoms with E-state index >= 15 is 0 Å². The fraction of sp³-hybridized carbons (Fsp3) is 0.444. The predicted molar refractivity (Wildman–Crippen MR) is 132 cm³/mol. The molecule has 0 aliphatic carbocycles. The Hall–Kier alpha value is -3.15. The fourth-order valence-corrected chi connectivity index (χ4v) is 4.18. The first-order valence-electron chi connectivity index (χ1n) is 12.0. The molecule has 1 unspecified atom stereocenters.